The Kier molecular flexibility index (Phi) is 6.49. The van der Waals surface area contributed by atoms with E-state index in [0.717, 1.165) is 38.6 Å². The molecule has 17 heavy (non-hydrogen) atoms. The molecule has 4 heteroatoms. The number of hydrogen-bond acceptors (Lipinski definition) is 4. The van der Waals surface area contributed by atoms with Crippen LogP contribution >= 0.6 is 0 Å². The lowest BCUT2D eigenvalue weighted by Crippen LogP contribution is -2.40. The minimum Gasteiger partial charge on any atom is -0.392 e. The molecule has 4 nitrogen and oxygen atoms in total. The van der Waals surface area contributed by atoms with Gasteiger partial charge in [-0.15, -0.1) is 0 Å². The molecule has 1 atom stereocenters. The summed E-state index contributed by atoms with van der Waals surface area (Å²) >= 11 is 0. The highest BCUT2D eigenvalue weighted by molar-refractivity contribution is 4.77. The summed E-state index contributed by atoms with van der Waals surface area (Å²) in [5.41, 5.74) is 0. The Bertz CT molecular complexity index is 242. The van der Waals surface area contributed by atoms with Crippen molar-refractivity contribution in [3.8, 4) is 6.07 Å². The van der Waals surface area contributed by atoms with Crippen LogP contribution in [0.2, 0.25) is 0 Å². The zero-order valence-corrected chi connectivity index (χ0v) is 11.1. The Morgan fingerprint density at radius 2 is 2.12 bits per heavy atom. The molecule has 0 aromatic rings. The third-order valence-electron chi connectivity index (χ3n) is 3.40. The van der Waals surface area contributed by atoms with E-state index in [1.807, 2.05) is 6.92 Å². The molecule has 0 radical (unpaired) electrons. The molecule has 0 aromatic heterocycles. The second-order valence-electron chi connectivity index (χ2n) is 5.26. The van der Waals surface area contributed by atoms with Crippen LogP contribution in [0.3, 0.4) is 0 Å². The zero-order valence-electron chi connectivity index (χ0n) is 11.1. The molecule has 98 valence electrons. The van der Waals surface area contributed by atoms with Crippen molar-refractivity contribution in [2.24, 2.45) is 5.92 Å². The number of nitriles is 1. The quantitative estimate of drug-likeness (QED) is 0.749. The molecule has 0 unspecified atom stereocenters. The monoisotopic (exact) mass is 239 g/mol. The average Bonchev–Trinajstić information content (AvgIpc) is 2.28. The van der Waals surface area contributed by atoms with Crippen LogP contribution in [0.4, 0.5) is 0 Å². The predicted molar refractivity (Wildman–Crippen MR) is 68.6 cm³/mol. The van der Waals surface area contributed by atoms with Crippen LogP contribution in [0.15, 0.2) is 0 Å². The molecule has 1 aliphatic heterocycles. The van der Waals surface area contributed by atoms with Gasteiger partial charge < -0.3 is 14.9 Å². The van der Waals surface area contributed by atoms with E-state index in [1.165, 1.54) is 12.8 Å². The van der Waals surface area contributed by atoms with E-state index in [9.17, 15) is 5.11 Å². The highest BCUT2D eigenvalue weighted by Gasteiger charge is 2.20. The van der Waals surface area contributed by atoms with Crippen molar-refractivity contribution in [1.82, 2.24) is 9.80 Å². The molecule has 0 aliphatic carbocycles. The minimum atomic E-state index is -0.218. The SMILES string of the molecule is C[C@@H](O)CN1CCC(CN(C)CCC#N)CC1. The molecule has 1 aliphatic rings. The van der Waals surface area contributed by atoms with Gasteiger partial charge in [0.25, 0.3) is 0 Å². The Morgan fingerprint density at radius 3 is 2.65 bits per heavy atom. The maximum absolute atomic E-state index is 9.33. The van der Waals surface area contributed by atoms with Crippen LogP contribution in [-0.4, -0.2) is 60.8 Å². The van der Waals surface area contributed by atoms with E-state index < -0.39 is 0 Å². The first-order chi connectivity index (χ1) is 8.11. The van der Waals surface area contributed by atoms with Crippen LogP contribution in [0.25, 0.3) is 0 Å². The van der Waals surface area contributed by atoms with Crippen molar-refractivity contribution in [2.75, 3.05) is 39.8 Å². The maximum atomic E-state index is 9.33. The molecule has 0 spiro atoms. The van der Waals surface area contributed by atoms with Gasteiger partial charge in [0.15, 0.2) is 0 Å². The van der Waals surface area contributed by atoms with Gasteiger partial charge in [0.2, 0.25) is 0 Å². The number of β-amino-alcohol motifs (C(OH)–C–C–N with tert-alkyl or cyclic N) is 1. The molecule has 0 aromatic carbocycles. The summed E-state index contributed by atoms with van der Waals surface area (Å²) in [7, 11) is 2.10. The molecule has 1 heterocycles. The van der Waals surface area contributed by atoms with Crippen LogP contribution in [-0.2, 0) is 0 Å². The number of likely N-dealkylation sites (tertiary alicyclic amines) is 1. The second kappa shape index (κ2) is 7.65. The van der Waals surface area contributed by atoms with E-state index in [2.05, 4.69) is 22.9 Å². The van der Waals surface area contributed by atoms with Gasteiger partial charge in [-0.25, -0.2) is 0 Å². The number of aliphatic hydroxyl groups excluding tert-OH is 1. The fourth-order valence-corrected chi connectivity index (χ4v) is 2.50. The Morgan fingerprint density at radius 1 is 1.47 bits per heavy atom. The van der Waals surface area contributed by atoms with Crippen LogP contribution in [0, 0.1) is 17.2 Å². The molecule has 1 saturated heterocycles. The fourth-order valence-electron chi connectivity index (χ4n) is 2.50. The van der Waals surface area contributed by atoms with Crippen LogP contribution < -0.4 is 0 Å². The summed E-state index contributed by atoms with van der Waals surface area (Å²) in [4.78, 5) is 4.61. The summed E-state index contributed by atoms with van der Waals surface area (Å²) < 4.78 is 0. The first kappa shape index (κ1) is 14.4. The summed E-state index contributed by atoms with van der Waals surface area (Å²) in [5, 5.41) is 17.9. The lowest BCUT2D eigenvalue weighted by molar-refractivity contribution is 0.0928. The van der Waals surface area contributed by atoms with Crippen molar-refractivity contribution < 1.29 is 5.11 Å². The van der Waals surface area contributed by atoms with Gasteiger partial charge >= 0.3 is 0 Å². The summed E-state index contributed by atoms with van der Waals surface area (Å²) in [6.07, 6.45) is 2.83. The second-order valence-corrected chi connectivity index (χ2v) is 5.26. The molecule has 0 bridgehead atoms. The van der Waals surface area contributed by atoms with Crippen molar-refractivity contribution in [2.45, 2.75) is 32.3 Å². The Balaban J connectivity index is 2.16. The standard InChI is InChI=1S/C13H25N3O/c1-12(17)10-16-8-4-13(5-9-16)11-15(2)7-3-6-14/h12-13,17H,3-5,7-11H2,1-2H3/t12-/m1/s1. The molecule has 0 saturated carbocycles. The maximum Gasteiger partial charge on any atom is 0.0639 e. The van der Waals surface area contributed by atoms with Crippen LogP contribution in [0.5, 0.6) is 0 Å². The minimum absolute atomic E-state index is 0.218. The summed E-state index contributed by atoms with van der Waals surface area (Å²) in [6.45, 7) is 6.83. The first-order valence-electron chi connectivity index (χ1n) is 6.57. The third kappa shape index (κ3) is 6.02. The molecular weight excluding hydrogens is 214 g/mol. The number of piperidine rings is 1. The van der Waals surface area contributed by atoms with Crippen molar-refractivity contribution in [3.05, 3.63) is 0 Å². The summed E-state index contributed by atoms with van der Waals surface area (Å²) in [5.74, 6) is 0.754. The van der Waals surface area contributed by atoms with E-state index >= 15 is 0 Å². The van der Waals surface area contributed by atoms with Gasteiger partial charge in [-0.3, -0.25) is 0 Å². The van der Waals surface area contributed by atoms with E-state index in [1.54, 1.807) is 0 Å². The smallest absolute Gasteiger partial charge is 0.0639 e. The number of hydrogen-bond donors (Lipinski definition) is 1. The molecular formula is C13H25N3O. The predicted octanol–water partition coefficient (Wildman–Crippen LogP) is 0.925. The highest BCUT2D eigenvalue weighted by Crippen LogP contribution is 2.18. The van der Waals surface area contributed by atoms with Crippen molar-refractivity contribution in [3.63, 3.8) is 0 Å². The van der Waals surface area contributed by atoms with Gasteiger partial charge in [-0.05, 0) is 45.8 Å². The zero-order chi connectivity index (χ0) is 12.7. The number of aliphatic hydroxyl groups is 1. The number of rotatable bonds is 6. The van der Waals surface area contributed by atoms with Gasteiger partial charge in [-0.1, -0.05) is 0 Å². The van der Waals surface area contributed by atoms with E-state index in [-0.39, 0.29) is 6.10 Å². The third-order valence-corrected chi connectivity index (χ3v) is 3.40. The van der Waals surface area contributed by atoms with Crippen molar-refractivity contribution >= 4 is 0 Å². The first-order valence-corrected chi connectivity index (χ1v) is 6.57. The van der Waals surface area contributed by atoms with E-state index in [0.29, 0.717) is 6.42 Å². The lowest BCUT2D eigenvalue weighted by Gasteiger charge is -2.34. The average molecular weight is 239 g/mol. The van der Waals surface area contributed by atoms with Gasteiger partial charge in [0.1, 0.15) is 0 Å². The van der Waals surface area contributed by atoms with Gasteiger partial charge in [0.05, 0.1) is 12.2 Å². The normalized spacial score (nSPS) is 20.4. The Hall–Kier alpha value is -0.630. The number of nitrogens with zero attached hydrogens (tertiary/aromatic N) is 3. The largest absolute Gasteiger partial charge is 0.392 e. The van der Waals surface area contributed by atoms with Gasteiger partial charge in [-0.2, -0.15) is 5.26 Å². The fraction of sp³-hybridized carbons (Fsp3) is 0.923. The Labute approximate surface area is 105 Å². The van der Waals surface area contributed by atoms with Crippen molar-refractivity contribution in [1.29, 1.82) is 5.26 Å². The molecule has 1 fully saturated rings. The molecule has 1 N–H and O–H groups in total. The van der Waals surface area contributed by atoms with Gasteiger partial charge in [0, 0.05) is 26.1 Å². The highest BCUT2D eigenvalue weighted by atomic mass is 16.3. The lowest BCUT2D eigenvalue weighted by atomic mass is 9.96. The topological polar surface area (TPSA) is 50.5 Å². The van der Waals surface area contributed by atoms with E-state index in [4.69, 9.17) is 5.26 Å². The van der Waals surface area contributed by atoms with Crippen LogP contribution in [0.1, 0.15) is 26.2 Å². The molecule has 1 rings (SSSR count). The summed E-state index contributed by atoms with van der Waals surface area (Å²) in [6, 6.07) is 2.19. The molecule has 0 amide bonds.